The molecular formula is C6H11NO. The molecule has 2 atom stereocenters. The third-order valence-corrected chi connectivity index (χ3v) is 2.04. The van der Waals surface area contributed by atoms with Crippen molar-refractivity contribution in [1.29, 1.82) is 0 Å². The minimum Gasteiger partial charge on any atom is -0.151 e. The Balaban J connectivity index is 2.26. The lowest BCUT2D eigenvalue weighted by molar-refractivity contribution is 0.250. The summed E-state index contributed by atoms with van der Waals surface area (Å²) in [6.07, 6.45) is 3.37. The monoisotopic (exact) mass is 113 g/mol. The Morgan fingerprint density at radius 1 is 1.62 bits per heavy atom. The molecule has 0 saturated heterocycles. The van der Waals surface area contributed by atoms with Crippen molar-refractivity contribution in [3.05, 3.63) is 4.91 Å². The number of nitroso groups, excluding NO2 is 1. The highest BCUT2D eigenvalue weighted by Gasteiger charge is 2.29. The van der Waals surface area contributed by atoms with Gasteiger partial charge in [-0.3, -0.25) is 0 Å². The van der Waals surface area contributed by atoms with Gasteiger partial charge in [-0.05, 0) is 18.8 Å². The molecule has 0 N–H and O–H groups in total. The van der Waals surface area contributed by atoms with Gasteiger partial charge < -0.3 is 0 Å². The molecule has 0 bridgehead atoms. The topological polar surface area (TPSA) is 29.4 Å². The van der Waals surface area contributed by atoms with Gasteiger partial charge in [0.1, 0.15) is 0 Å². The van der Waals surface area contributed by atoms with Crippen molar-refractivity contribution in [3.63, 3.8) is 0 Å². The van der Waals surface area contributed by atoms with E-state index in [1.807, 2.05) is 0 Å². The van der Waals surface area contributed by atoms with Crippen LogP contribution >= 0.6 is 0 Å². The second-order valence-corrected chi connectivity index (χ2v) is 2.42. The summed E-state index contributed by atoms with van der Waals surface area (Å²) in [5.41, 5.74) is 0. The molecular weight excluding hydrogens is 102 g/mol. The van der Waals surface area contributed by atoms with Crippen molar-refractivity contribution >= 4 is 0 Å². The predicted molar refractivity (Wildman–Crippen MR) is 32.6 cm³/mol. The molecule has 1 aliphatic carbocycles. The second kappa shape index (κ2) is 2.25. The average Bonchev–Trinajstić information content (AvgIpc) is 1.66. The maximum absolute atomic E-state index is 9.91. The highest BCUT2D eigenvalue weighted by Crippen LogP contribution is 2.32. The molecule has 2 heteroatoms. The molecule has 1 rings (SSSR count). The fraction of sp³-hybridized carbons (Fsp3) is 1.00. The first-order valence-electron chi connectivity index (χ1n) is 3.21. The third-order valence-electron chi connectivity index (χ3n) is 2.04. The van der Waals surface area contributed by atoms with Crippen LogP contribution in [0.5, 0.6) is 0 Å². The molecule has 0 heterocycles. The molecule has 2 nitrogen and oxygen atoms in total. The van der Waals surface area contributed by atoms with E-state index in [1.165, 1.54) is 6.42 Å². The van der Waals surface area contributed by atoms with E-state index in [4.69, 9.17) is 0 Å². The summed E-state index contributed by atoms with van der Waals surface area (Å²) in [6.45, 7) is 2.11. The fourth-order valence-electron chi connectivity index (χ4n) is 1.17. The Morgan fingerprint density at radius 2 is 2.38 bits per heavy atom. The largest absolute Gasteiger partial charge is 0.151 e. The smallest absolute Gasteiger partial charge is 0.0947 e. The average molecular weight is 113 g/mol. The van der Waals surface area contributed by atoms with Gasteiger partial charge in [0, 0.05) is 0 Å². The predicted octanol–water partition coefficient (Wildman–Crippen LogP) is 1.94. The van der Waals surface area contributed by atoms with Gasteiger partial charge in [-0.2, -0.15) is 4.91 Å². The molecule has 0 aromatic rings. The molecule has 2 unspecified atom stereocenters. The first-order chi connectivity index (χ1) is 3.88. The lowest BCUT2D eigenvalue weighted by atomic mass is 9.79. The van der Waals surface area contributed by atoms with Gasteiger partial charge in [-0.1, -0.05) is 18.5 Å². The summed E-state index contributed by atoms with van der Waals surface area (Å²) in [4.78, 5) is 9.91. The Bertz CT molecular complexity index is 90.5. The van der Waals surface area contributed by atoms with Crippen molar-refractivity contribution in [3.8, 4) is 0 Å². The third kappa shape index (κ3) is 0.746. The van der Waals surface area contributed by atoms with Crippen molar-refractivity contribution < 1.29 is 0 Å². The summed E-state index contributed by atoms with van der Waals surface area (Å²) in [5, 5.41) is 3.00. The molecule has 1 fully saturated rings. The van der Waals surface area contributed by atoms with Gasteiger partial charge in [0.05, 0.1) is 6.04 Å². The number of rotatable bonds is 2. The van der Waals surface area contributed by atoms with Crippen LogP contribution in [0.25, 0.3) is 0 Å². The van der Waals surface area contributed by atoms with E-state index in [-0.39, 0.29) is 6.04 Å². The summed E-state index contributed by atoms with van der Waals surface area (Å²) < 4.78 is 0. The van der Waals surface area contributed by atoms with Crippen molar-refractivity contribution in [2.75, 3.05) is 0 Å². The van der Waals surface area contributed by atoms with Gasteiger partial charge >= 0.3 is 0 Å². The summed E-state index contributed by atoms with van der Waals surface area (Å²) >= 11 is 0. The first kappa shape index (κ1) is 5.73. The van der Waals surface area contributed by atoms with Crippen LogP contribution in [0.1, 0.15) is 26.2 Å². The first-order valence-corrected chi connectivity index (χ1v) is 3.21. The summed E-state index contributed by atoms with van der Waals surface area (Å²) in [7, 11) is 0. The van der Waals surface area contributed by atoms with Crippen LogP contribution in [0.3, 0.4) is 0 Å². The molecule has 0 spiro atoms. The fourth-order valence-corrected chi connectivity index (χ4v) is 1.17. The Kier molecular flexibility index (Phi) is 1.61. The Hall–Kier alpha value is -0.400. The molecule has 8 heavy (non-hydrogen) atoms. The zero-order valence-electron chi connectivity index (χ0n) is 5.13. The summed E-state index contributed by atoms with van der Waals surface area (Å²) in [5.74, 6) is 0.618. The maximum Gasteiger partial charge on any atom is 0.0947 e. The number of hydrogen-bond acceptors (Lipinski definition) is 2. The van der Waals surface area contributed by atoms with E-state index in [0.717, 1.165) is 12.8 Å². The highest BCUT2D eigenvalue weighted by molar-refractivity contribution is 4.84. The summed E-state index contributed by atoms with van der Waals surface area (Å²) in [6, 6.07) is 0.167. The van der Waals surface area contributed by atoms with Crippen LogP contribution < -0.4 is 0 Å². The number of hydrogen-bond donors (Lipinski definition) is 0. The van der Waals surface area contributed by atoms with E-state index in [1.54, 1.807) is 0 Å². The molecule has 0 amide bonds. The molecule has 46 valence electrons. The molecule has 0 aromatic heterocycles. The van der Waals surface area contributed by atoms with Crippen molar-refractivity contribution in [2.45, 2.75) is 32.2 Å². The van der Waals surface area contributed by atoms with Gasteiger partial charge in [-0.15, -0.1) is 0 Å². The highest BCUT2D eigenvalue weighted by atomic mass is 16.3. The second-order valence-electron chi connectivity index (χ2n) is 2.42. The van der Waals surface area contributed by atoms with Gasteiger partial charge in [-0.25, -0.2) is 0 Å². The normalized spacial score (nSPS) is 36.1. The quantitative estimate of drug-likeness (QED) is 0.503. The SMILES string of the molecule is CCC1CCC1N=O. The zero-order chi connectivity index (χ0) is 5.98. The zero-order valence-corrected chi connectivity index (χ0v) is 5.13. The molecule has 1 saturated carbocycles. The van der Waals surface area contributed by atoms with Crippen LogP contribution in [0.2, 0.25) is 0 Å². The van der Waals surface area contributed by atoms with Crippen LogP contribution in [0.15, 0.2) is 5.18 Å². The van der Waals surface area contributed by atoms with Crippen molar-refractivity contribution in [1.82, 2.24) is 0 Å². The minimum atomic E-state index is 0.167. The van der Waals surface area contributed by atoms with E-state index in [2.05, 4.69) is 12.1 Å². The molecule has 0 aliphatic heterocycles. The van der Waals surface area contributed by atoms with Crippen LogP contribution in [0, 0.1) is 10.8 Å². The molecule has 1 aliphatic rings. The van der Waals surface area contributed by atoms with E-state index < -0.39 is 0 Å². The van der Waals surface area contributed by atoms with Crippen LogP contribution in [-0.2, 0) is 0 Å². The van der Waals surface area contributed by atoms with Gasteiger partial charge in [0.15, 0.2) is 0 Å². The minimum absolute atomic E-state index is 0.167. The van der Waals surface area contributed by atoms with Crippen LogP contribution in [-0.4, -0.2) is 6.04 Å². The lowest BCUT2D eigenvalue weighted by Gasteiger charge is -2.29. The van der Waals surface area contributed by atoms with E-state index >= 15 is 0 Å². The van der Waals surface area contributed by atoms with E-state index in [9.17, 15) is 4.91 Å². The molecule has 0 aromatic carbocycles. The standard InChI is InChI=1S/C6H11NO/c1-2-5-3-4-6(5)7-8/h5-6H,2-4H2,1H3. The maximum atomic E-state index is 9.91. The molecule has 0 radical (unpaired) electrons. The van der Waals surface area contributed by atoms with Gasteiger partial charge in [0.2, 0.25) is 0 Å². The van der Waals surface area contributed by atoms with Crippen molar-refractivity contribution in [2.24, 2.45) is 11.1 Å². The Morgan fingerprint density at radius 3 is 2.50 bits per heavy atom. The Labute approximate surface area is 49.3 Å². The lowest BCUT2D eigenvalue weighted by Crippen LogP contribution is -2.28. The number of nitrogens with zero attached hydrogens (tertiary/aromatic N) is 1. The van der Waals surface area contributed by atoms with Gasteiger partial charge in [0.25, 0.3) is 0 Å². The van der Waals surface area contributed by atoms with Crippen LogP contribution in [0.4, 0.5) is 0 Å². The van der Waals surface area contributed by atoms with E-state index in [0.29, 0.717) is 5.92 Å².